The number of hydrogen-bond donors (Lipinski definition) is 3. The normalized spacial score (nSPS) is 12.2. The van der Waals surface area contributed by atoms with Gasteiger partial charge in [0.25, 0.3) is 5.91 Å². The van der Waals surface area contributed by atoms with Crippen LogP contribution in [-0.4, -0.2) is 15.7 Å². The Kier molecular flexibility index (Phi) is 4.82. The van der Waals surface area contributed by atoms with E-state index in [2.05, 4.69) is 20.9 Å². The third-order valence-corrected chi connectivity index (χ3v) is 4.64. The number of hydrogen-bond acceptors (Lipinski definition) is 7. The molecular weight excluding hydrogens is 366 g/mol. The summed E-state index contributed by atoms with van der Waals surface area (Å²) in [6, 6.07) is 15.2. The highest BCUT2D eigenvalue weighted by Crippen LogP contribution is 2.37. The fraction of sp³-hybridized carbons (Fsp3) is 0.111. The molecule has 0 fully saturated rings. The minimum atomic E-state index is -0.405. The predicted molar refractivity (Wildman–Crippen MR) is 102 cm³/mol. The highest BCUT2D eigenvalue weighted by atomic mass is 32.2. The van der Waals surface area contributed by atoms with Gasteiger partial charge in [-0.15, -0.1) is 0 Å². The molecule has 2 aromatic carbocycles. The average Bonchev–Trinajstić information content (AvgIpc) is 3.12. The Morgan fingerprint density at radius 3 is 2.67 bits per heavy atom. The van der Waals surface area contributed by atoms with Crippen molar-refractivity contribution in [1.29, 1.82) is 0 Å². The van der Waals surface area contributed by atoms with Crippen molar-refractivity contribution in [3.63, 3.8) is 0 Å². The van der Waals surface area contributed by atoms with Crippen molar-refractivity contribution in [1.82, 2.24) is 15.2 Å². The lowest BCUT2D eigenvalue weighted by molar-refractivity contribution is -0.0777. The molecule has 27 heavy (non-hydrogen) atoms. The van der Waals surface area contributed by atoms with Crippen molar-refractivity contribution in [3.8, 4) is 22.7 Å². The van der Waals surface area contributed by atoms with Crippen LogP contribution in [0.25, 0.3) is 16.9 Å². The van der Waals surface area contributed by atoms with E-state index < -0.39 is 5.91 Å². The van der Waals surface area contributed by atoms with Crippen LogP contribution >= 0.6 is 12.2 Å². The van der Waals surface area contributed by atoms with Crippen LogP contribution in [0.2, 0.25) is 0 Å². The Hall–Kier alpha value is -2.85. The zero-order chi connectivity index (χ0) is 18.8. The molecule has 0 aliphatic heterocycles. The number of nitrogens with one attached hydrogen (secondary N) is 1. The molecule has 1 aromatic heterocycles. The SMILES string of the molecule is NNC(=O)c1nn(-c2ccc(OOSN)cc2)c2c1CCc1ccccc1-2. The third-order valence-electron chi connectivity index (χ3n) is 4.50. The second-order valence-electron chi connectivity index (χ2n) is 5.96. The Balaban J connectivity index is 1.84. The zero-order valence-electron chi connectivity index (χ0n) is 14.2. The monoisotopic (exact) mass is 383 g/mol. The Labute approximate surface area is 159 Å². The van der Waals surface area contributed by atoms with Crippen LogP contribution in [-0.2, 0) is 17.2 Å². The highest BCUT2D eigenvalue weighted by Gasteiger charge is 2.28. The number of rotatable bonds is 5. The summed E-state index contributed by atoms with van der Waals surface area (Å²) in [5.74, 6) is 5.45. The minimum Gasteiger partial charge on any atom is -0.324 e. The first-order valence-electron chi connectivity index (χ1n) is 8.24. The summed E-state index contributed by atoms with van der Waals surface area (Å²) in [6.45, 7) is 0. The second-order valence-corrected chi connectivity index (χ2v) is 6.29. The first-order valence-corrected chi connectivity index (χ1v) is 9.05. The van der Waals surface area contributed by atoms with Gasteiger partial charge in [-0.1, -0.05) is 28.6 Å². The van der Waals surface area contributed by atoms with E-state index in [9.17, 15) is 4.79 Å². The highest BCUT2D eigenvalue weighted by molar-refractivity contribution is 7.92. The van der Waals surface area contributed by atoms with E-state index in [0.29, 0.717) is 23.7 Å². The van der Waals surface area contributed by atoms with Crippen molar-refractivity contribution in [3.05, 3.63) is 65.4 Å². The molecule has 0 bridgehead atoms. The van der Waals surface area contributed by atoms with E-state index in [1.165, 1.54) is 5.56 Å². The van der Waals surface area contributed by atoms with Gasteiger partial charge in [-0.2, -0.15) is 5.10 Å². The van der Waals surface area contributed by atoms with Crippen molar-refractivity contribution in [2.24, 2.45) is 11.0 Å². The fourth-order valence-corrected chi connectivity index (χ4v) is 3.45. The molecule has 1 heterocycles. The molecule has 1 amide bonds. The van der Waals surface area contributed by atoms with E-state index in [1.807, 2.05) is 30.3 Å². The Bertz CT molecular complexity index is 987. The number of benzene rings is 2. The first-order chi connectivity index (χ1) is 13.2. The number of fused-ring (bicyclic) bond motifs is 3. The van der Waals surface area contributed by atoms with E-state index in [1.54, 1.807) is 16.8 Å². The smallest absolute Gasteiger partial charge is 0.285 e. The van der Waals surface area contributed by atoms with Gasteiger partial charge in [-0.05, 0) is 42.7 Å². The molecule has 0 atom stereocenters. The summed E-state index contributed by atoms with van der Waals surface area (Å²) in [5.41, 5.74) is 7.38. The van der Waals surface area contributed by atoms with E-state index >= 15 is 0 Å². The lowest BCUT2D eigenvalue weighted by Crippen LogP contribution is -2.31. The quantitative estimate of drug-likeness (QED) is 0.154. The molecule has 0 unspecified atom stereocenters. The minimum absolute atomic E-state index is 0.338. The van der Waals surface area contributed by atoms with Crippen LogP contribution in [0.3, 0.4) is 0 Å². The predicted octanol–water partition coefficient (Wildman–Crippen LogP) is 2.07. The molecule has 0 spiro atoms. The lowest BCUT2D eigenvalue weighted by atomic mass is 9.88. The summed E-state index contributed by atoms with van der Waals surface area (Å²) in [6.07, 6.45) is 1.57. The standard InChI is InChI=1S/C18H17N5O3S/c19-21-18(24)16-15-10-5-11-3-1-2-4-14(11)17(15)23(22-16)12-6-8-13(9-7-12)25-26-27-20/h1-4,6-9H,5,10,19-20H2,(H,21,24). The number of amides is 1. The maximum absolute atomic E-state index is 12.3. The first kappa shape index (κ1) is 17.6. The van der Waals surface area contributed by atoms with Gasteiger partial charge in [0.1, 0.15) is 12.2 Å². The van der Waals surface area contributed by atoms with Gasteiger partial charge in [0.15, 0.2) is 11.4 Å². The van der Waals surface area contributed by atoms with Crippen molar-refractivity contribution in [2.45, 2.75) is 12.8 Å². The number of nitrogen functional groups attached to an aromatic ring is 1. The summed E-state index contributed by atoms with van der Waals surface area (Å²) in [7, 11) is 0. The number of aromatic nitrogens is 2. The summed E-state index contributed by atoms with van der Waals surface area (Å²) in [5, 5.41) is 9.72. The van der Waals surface area contributed by atoms with Crippen LogP contribution in [0.4, 0.5) is 0 Å². The number of nitrogens with zero attached hydrogens (tertiary/aromatic N) is 2. The van der Waals surface area contributed by atoms with Gasteiger partial charge in [0, 0.05) is 11.1 Å². The van der Waals surface area contributed by atoms with Gasteiger partial charge in [0.2, 0.25) is 0 Å². The molecule has 9 heteroatoms. The van der Waals surface area contributed by atoms with Crippen LogP contribution in [0.1, 0.15) is 21.6 Å². The fourth-order valence-electron chi connectivity index (χ4n) is 3.33. The summed E-state index contributed by atoms with van der Waals surface area (Å²) >= 11 is 0.621. The zero-order valence-corrected chi connectivity index (χ0v) is 15.0. The third kappa shape index (κ3) is 3.17. The molecule has 0 saturated heterocycles. The molecular formula is C18H17N5O3S. The van der Waals surface area contributed by atoms with E-state index in [4.69, 9.17) is 15.9 Å². The number of carbonyl (C=O) groups excluding carboxylic acids is 1. The number of nitrogens with two attached hydrogens (primary N) is 2. The van der Waals surface area contributed by atoms with Gasteiger partial charge in [0.05, 0.1) is 11.4 Å². The van der Waals surface area contributed by atoms with Crippen molar-refractivity contribution >= 4 is 18.1 Å². The molecule has 1 aliphatic carbocycles. The largest absolute Gasteiger partial charge is 0.324 e. The Morgan fingerprint density at radius 2 is 1.93 bits per heavy atom. The van der Waals surface area contributed by atoms with Gasteiger partial charge >= 0.3 is 0 Å². The van der Waals surface area contributed by atoms with Crippen molar-refractivity contribution in [2.75, 3.05) is 0 Å². The maximum atomic E-state index is 12.3. The van der Waals surface area contributed by atoms with Gasteiger partial charge in [-0.3, -0.25) is 15.4 Å². The second kappa shape index (κ2) is 7.41. The molecule has 4 rings (SSSR count). The molecule has 8 nitrogen and oxygen atoms in total. The van der Waals surface area contributed by atoms with E-state index in [0.717, 1.165) is 35.3 Å². The Morgan fingerprint density at radius 1 is 1.15 bits per heavy atom. The van der Waals surface area contributed by atoms with Crippen LogP contribution in [0, 0.1) is 0 Å². The van der Waals surface area contributed by atoms with E-state index in [-0.39, 0.29) is 0 Å². The lowest BCUT2D eigenvalue weighted by Gasteiger charge is -2.18. The van der Waals surface area contributed by atoms with Crippen LogP contribution in [0.5, 0.6) is 5.75 Å². The molecule has 0 radical (unpaired) electrons. The van der Waals surface area contributed by atoms with Gasteiger partial charge in [-0.25, -0.2) is 10.5 Å². The number of hydrazine groups is 1. The molecule has 1 aliphatic rings. The van der Waals surface area contributed by atoms with Crippen molar-refractivity contribution < 1.29 is 14.0 Å². The average molecular weight is 383 g/mol. The molecule has 5 N–H and O–H groups in total. The molecule has 0 saturated carbocycles. The summed E-state index contributed by atoms with van der Waals surface area (Å²) < 4.78 is 6.42. The topological polar surface area (TPSA) is 117 Å². The number of aryl methyl sites for hydroxylation is 1. The van der Waals surface area contributed by atoms with Crippen LogP contribution in [0.15, 0.2) is 48.5 Å². The molecule has 3 aromatic rings. The van der Waals surface area contributed by atoms with Gasteiger partial charge < -0.3 is 4.89 Å². The summed E-state index contributed by atoms with van der Waals surface area (Å²) in [4.78, 5) is 17.3. The molecule has 138 valence electrons. The maximum Gasteiger partial charge on any atom is 0.285 e. The van der Waals surface area contributed by atoms with Crippen LogP contribution < -0.4 is 21.3 Å². The number of carbonyl (C=O) groups is 1.